The van der Waals surface area contributed by atoms with Gasteiger partial charge < -0.3 is 20.5 Å². The van der Waals surface area contributed by atoms with Gasteiger partial charge in [-0.3, -0.25) is 9.59 Å². The summed E-state index contributed by atoms with van der Waals surface area (Å²) in [6.07, 6.45) is 1.47. The number of alkyl carbamates (subject to hydrolysis) is 1. The van der Waals surface area contributed by atoms with E-state index in [9.17, 15) is 19.5 Å². The molecule has 7 heteroatoms. The SMILES string of the molecule is CC(C)CC(CNC(=O)C(C)(NC(=O)OCC1c2ccccc2-c2ccccc21)C1CC1)C(=O)O. The maximum absolute atomic E-state index is 13.1. The number of aliphatic carboxylic acids is 1. The Hall–Kier alpha value is -3.35. The molecule has 4 rings (SSSR count). The third kappa shape index (κ3) is 5.34. The van der Waals surface area contributed by atoms with Gasteiger partial charge in [0.05, 0.1) is 5.92 Å². The molecule has 35 heavy (non-hydrogen) atoms. The number of amides is 2. The van der Waals surface area contributed by atoms with Gasteiger partial charge in [0.2, 0.25) is 5.91 Å². The number of fused-ring (bicyclic) bond motifs is 3. The van der Waals surface area contributed by atoms with Crippen LogP contribution in [0.1, 0.15) is 57.1 Å². The monoisotopic (exact) mass is 478 g/mol. The number of carboxylic acids is 1. The molecule has 2 unspecified atom stereocenters. The normalized spacial score (nSPS) is 17.1. The molecule has 0 spiro atoms. The van der Waals surface area contributed by atoms with E-state index in [1.165, 1.54) is 0 Å². The molecule has 186 valence electrons. The van der Waals surface area contributed by atoms with Crippen molar-refractivity contribution < 1.29 is 24.2 Å². The first kappa shape index (κ1) is 24.8. The van der Waals surface area contributed by atoms with Crippen LogP contribution >= 0.6 is 0 Å². The van der Waals surface area contributed by atoms with Crippen LogP contribution in [0.4, 0.5) is 4.79 Å². The predicted octanol–water partition coefficient (Wildman–Crippen LogP) is 4.56. The minimum absolute atomic E-state index is 0.00337. The molecule has 2 amide bonds. The topological polar surface area (TPSA) is 105 Å². The second-order valence-electron chi connectivity index (χ2n) is 10.3. The van der Waals surface area contributed by atoms with E-state index >= 15 is 0 Å². The van der Waals surface area contributed by atoms with Crippen LogP contribution in [0.15, 0.2) is 48.5 Å². The van der Waals surface area contributed by atoms with E-state index in [2.05, 4.69) is 34.9 Å². The Morgan fingerprint density at radius 2 is 1.60 bits per heavy atom. The average molecular weight is 479 g/mol. The molecule has 2 aliphatic carbocycles. The zero-order chi connectivity index (χ0) is 25.2. The first-order chi connectivity index (χ1) is 16.7. The van der Waals surface area contributed by atoms with Gasteiger partial charge in [0.25, 0.3) is 0 Å². The summed E-state index contributed by atoms with van der Waals surface area (Å²) < 4.78 is 5.66. The Bertz CT molecular complexity index is 1060. The Kier molecular flexibility index (Phi) is 7.15. The Morgan fingerprint density at radius 3 is 2.11 bits per heavy atom. The molecular formula is C28H34N2O5. The highest BCUT2D eigenvalue weighted by Crippen LogP contribution is 2.44. The summed E-state index contributed by atoms with van der Waals surface area (Å²) in [6.45, 7) is 5.79. The average Bonchev–Trinajstić information content (AvgIpc) is 3.63. The van der Waals surface area contributed by atoms with Crippen molar-refractivity contribution in [3.63, 3.8) is 0 Å². The minimum atomic E-state index is -1.15. The summed E-state index contributed by atoms with van der Waals surface area (Å²) in [5, 5.41) is 15.0. The van der Waals surface area contributed by atoms with Crippen LogP contribution in [-0.2, 0) is 14.3 Å². The van der Waals surface area contributed by atoms with Crippen molar-refractivity contribution in [2.24, 2.45) is 17.8 Å². The third-order valence-electron chi connectivity index (χ3n) is 7.19. The molecule has 0 bridgehead atoms. The van der Waals surface area contributed by atoms with Crippen LogP contribution in [0.5, 0.6) is 0 Å². The molecule has 7 nitrogen and oxygen atoms in total. The number of carbonyl (C=O) groups is 3. The Morgan fingerprint density at radius 1 is 1.03 bits per heavy atom. The molecule has 2 aromatic carbocycles. The van der Waals surface area contributed by atoms with Crippen LogP contribution in [0.3, 0.4) is 0 Å². The van der Waals surface area contributed by atoms with Gasteiger partial charge in [-0.05, 0) is 60.3 Å². The lowest BCUT2D eigenvalue weighted by molar-refractivity contribution is -0.142. The maximum Gasteiger partial charge on any atom is 0.408 e. The number of rotatable bonds is 10. The van der Waals surface area contributed by atoms with Gasteiger partial charge >= 0.3 is 12.1 Å². The number of ether oxygens (including phenoxy) is 1. The number of hydrogen-bond donors (Lipinski definition) is 3. The number of nitrogens with one attached hydrogen (secondary N) is 2. The maximum atomic E-state index is 13.1. The molecule has 0 aromatic heterocycles. The standard InChI is InChI=1S/C28H34N2O5/c1-17(2)14-18(25(31)32)15-29-26(33)28(3,19-12-13-19)30-27(34)35-16-24-22-10-6-4-8-20(22)21-9-5-7-11-23(21)24/h4-11,17-19,24H,12-16H2,1-3H3,(H,29,33)(H,30,34)(H,31,32). The highest BCUT2D eigenvalue weighted by atomic mass is 16.5. The molecule has 1 saturated carbocycles. The fourth-order valence-corrected chi connectivity index (χ4v) is 5.09. The molecule has 3 N–H and O–H groups in total. The van der Waals surface area contributed by atoms with E-state index in [0.29, 0.717) is 6.42 Å². The Labute approximate surface area is 206 Å². The minimum Gasteiger partial charge on any atom is -0.481 e. The second kappa shape index (κ2) is 10.1. The molecule has 0 radical (unpaired) electrons. The largest absolute Gasteiger partial charge is 0.481 e. The fourth-order valence-electron chi connectivity index (χ4n) is 5.09. The predicted molar refractivity (Wildman–Crippen MR) is 133 cm³/mol. The van der Waals surface area contributed by atoms with Crippen LogP contribution < -0.4 is 10.6 Å². The molecule has 1 fully saturated rings. The fraction of sp³-hybridized carbons (Fsp3) is 0.464. The van der Waals surface area contributed by atoms with Crippen LogP contribution in [0, 0.1) is 17.8 Å². The second-order valence-corrected chi connectivity index (χ2v) is 10.3. The van der Waals surface area contributed by atoms with E-state index in [1.54, 1.807) is 6.92 Å². The summed E-state index contributed by atoms with van der Waals surface area (Å²) in [4.78, 5) is 37.5. The van der Waals surface area contributed by atoms with Crippen molar-refractivity contribution in [1.82, 2.24) is 10.6 Å². The van der Waals surface area contributed by atoms with Gasteiger partial charge in [0, 0.05) is 12.5 Å². The molecule has 2 aliphatic rings. The Balaban J connectivity index is 1.40. The zero-order valence-electron chi connectivity index (χ0n) is 20.5. The molecule has 2 atom stereocenters. The first-order valence-corrected chi connectivity index (χ1v) is 12.3. The van der Waals surface area contributed by atoms with E-state index in [0.717, 1.165) is 35.1 Å². The van der Waals surface area contributed by atoms with Gasteiger partial charge in [0.15, 0.2) is 0 Å². The van der Waals surface area contributed by atoms with Crippen molar-refractivity contribution in [1.29, 1.82) is 0 Å². The number of carbonyl (C=O) groups excluding carboxylic acids is 2. The quantitative estimate of drug-likeness (QED) is 0.464. The summed E-state index contributed by atoms with van der Waals surface area (Å²) >= 11 is 0. The van der Waals surface area contributed by atoms with Crippen molar-refractivity contribution in [3.8, 4) is 11.1 Å². The van der Waals surface area contributed by atoms with Crippen molar-refractivity contribution >= 4 is 18.0 Å². The van der Waals surface area contributed by atoms with E-state index < -0.39 is 23.5 Å². The zero-order valence-corrected chi connectivity index (χ0v) is 20.5. The lowest BCUT2D eigenvalue weighted by Crippen LogP contribution is -2.59. The molecular weight excluding hydrogens is 444 g/mol. The number of hydrogen-bond acceptors (Lipinski definition) is 4. The van der Waals surface area contributed by atoms with E-state index in [4.69, 9.17) is 4.74 Å². The van der Waals surface area contributed by atoms with Crippen LogP contribution in [0.2, 0.25) is 0 Å². The van der Waals surface area contributed by atoms with Gasteiger partial charge in [-0.25, -0.2) is 4.79 Å². The van der Waals surface area contributed by atoms with Crippen LogP contribution in [-0.4, -0.2) is 41.8 Å². The number of benzene rings is 2. The molecule has 0 aliphatic heterocycles. The molecule has 2 aromatic rings. The first-order valence-electron chi connectivity index (χ1n) is 12.3. The summed E-state index contributed by atoms with van der Waals surface area (Å²) in [6, 6.07) is 16.2. The van der Waals surface area contributed by atoms with Crippen LogP contribution in [0.25, 0.3) is 11.1 Å². The van der Waals surface area contributed by atoms with Crippen molar-refractivity contribution in [2.45, 2.75) is 51.5 Å². The van der Waals surface area contributed by atoms with Gasteiger partial charge in [0.1, 0.15) is 12.1 Å². The highest BCUT2D eigenvalue weighted by Gasteiger charge is 2.49. The van der Waals surface area contributed by atoms with E-state index in [-0.39, 0.29) is 36.8 Å². The lowest BCUT2D eigenvalue weighted by Gasteiger charge is -2.30. The van der Waals surface area contributed by atoms with Crippen molar-refractivity contribution in [3.05, 3.63) is 59.7 Å². The summed E-state index contributed by atoms with van der Waals surface area (Å²) in [7, 11) is 0. The smallest absolute Gasteiger partial charge is 0.408 e. The lowest BCUT2D eigenvalue weighted by atomic mass is 9.93. The van der Waals surface area contributed by atoms with Gasteiger partial charge in [-0.15, -0.1) is 0 Å². The third-order valence-corrected chi connectivity index (χ3v) is 7.19. The van der Waals surface area contributed by atoms with Gasteiger partial charge in [-0.2, -0.15) is 0 Å². The van der Waals surface area contributed by atoms with Crippen molar-refractivity contribution in [2.75, 3.05) is 13.2 Å². The molecule has 0 heterocycles. The highest BCUT2D eigenvalue weighted by molar-refractivity contribution is 5.90. The van der Waals surface area contributed by atoms with E-state index in [1.807, 2.05) is 38.1 Å². The summed E-state index contributed by atoms with van der Waals surface area (Å²) in [5.41, 5.74) is 3.38. The van der Waals surface area contributed by atoms with Gasteiger partial charge in [-0.1, -0.05) is 62.4 Å². The molecule has 0 saturated heterocycles. The summed E-state index contributed by atoms with van der Waals surface area (Å²) in [5.74, 6) is -1.85. The number of carboxylic acid groups (broad SMARTS) is 1.